The Labute approximate surface area is 90.4 Å². The molecule has 0 aromatic carbocycles. The van der Waals surface area contributed by atoms with Crippen LogP contribution in [0.5, 0.6) is 0 Å². The monoisotopic (exact) mass is 209 g/mol. The van der Waals surface area contributed by atoms with Gasteiger partial charge in [-0.2, -0.15) is 4.98 Å². The summed E-state index contributed by atoms with van der Waals surface area (Å²) in [6.45, 7) is 8.57. The molecule has 2 heterocycles. The van der Waals surface area contributed by atoms with Crippen molar-refractivity contribution < 1.29 is 4.52 Å². The third-order valence-electron chi connectivity index (χ3n) is 2.59. The molecule has 84 valence electrons. The molecule has 0 radical (unpaired) electrons. The molecular weight excluding hydrogens is 190 g/mol. The Balaban J connectivity index is 2.03. The average molecular weight is 209 g/mol. The van der Waals surface area contributed by atoms with Gasteiger partial charge in [-0.1, -0.05) is 25.9 Å². The van der Waals surface area contributed by atoms with E-state index in [1.54, 1.807) is 0 Å². The Morgan fingerprint density at radius 1 is 1.47 bits per heavy atom. The zero-order valence-corrected chi connectivity index (χ0v) is 9.71. The Hall–Kier alpha value is -0.900. The fourth-order valence-corrected chi connectivity index (χ4v) is 1.83. The van der Waals surface area contributed by atoms with E-state index in [4.69, 9.17) is 4.52 Å². The third-order valence-corrected chi connectivity index (χ3v) is 2.59. The van der Waals surface area contributed by atoms with Crippen LogP contribution in [0.3, 0.4) is 0 Å². The maximum absolute atomic E-state index is 5.26. The summed E-state index contributed by atoms with van der Waals surface area (Å²) in [7, 11) is 0. The first-order chi connectivity index (χ1) is 7.04. The molecule has 1 fully saturated rings. The molecule has 0 spiro atoms. The van der Waals surface area contributed by atoms with E-state index in [1.165, 1.54) is 0 Å². The molecule has 4 heteroatoms. The predicted octanol–water partition coefficient (Wildman–Crippen LogP) is 1.74. The van der Waals surface area contributed by atoms with Gasteiger partial charge in [0.1, 0.15) is 0 Å². The van der Waals surface area contributed by atoms with E-state index in [0.29, 0.717) is 5.92 Å². The van der Waals surface area contributed by atoms with Crippen molar-refractivity contribution in [2.24, 2.45) is 5.41 Å². The van der Waals surface area contributed by atoms with Crippen molar-refractivity contribution in [3.05, 3.63) is 11.7 Å². The van der Waals surface area contributed by atoms with Crippen LogP contribution in [0.4, 0.5) is 0 Å². The fraction of sp³-hybridized carbons (Fsp3) is 0.818. The molecule has 1 aliphatic rings. The first-order valence-corrected chi connectivity index (χ1v) is 5.58. The van der Waals surface area contributed by atoms with Gasteiger partial charge in [-0.25, -0.2) is 0 Å². The average Bonchev–Trinajstić information content (AvgIpc) is 2.68. The van der Waals surface area contributed by atoms with E-state index in [2.05, 4.69) is 36.2 Å². The number of nitrogens with zero attached hydrogens (tertiary/aromatic N) is 2. The molecule has 1 N–H and O–H groups in total. The smallest absolute Gasteiger partial charge is 0.227 e. The van der Waals surface area contributed by atoms with Crippen molar-refractivity contribution in [1.82, 2.24) is 15.5 Å². The first-order valence-electron chi connectivity index (χ1n) is 5.58. The molecule has 1 unspecified atom stereocenters. The third kappa shape index (κ3) is 2.78. The summed E-state index contributed by atoms with van der Waals surface area (Å²) < 4.78 is 5.26. The standard InChI is InChI=1S/C11H19N3O/c1-11(2,3)6-9-13-10(14-15-9)8-4-5-12-7-8/h8,12H,4-7H2,1-3H3. The summed E-state index contributed by atoms with van der Waals surface area (Å²) in [6, 6.07) is 0. The molecule has 4 nitrogen and oxygen atoms in total. The highest BCUT2D eigenvalue weighted by Crippen LogP contribution is 2.23. The van der Waals surface area contributed by atoms with Crippen LogP contribution in [0.1, 0.15) is 44.8 Å². The Kier molecular flexibility index (Phi) is 2.78. The Morgan fingerprint density at radius 2 is 2.27 bits per heavy atom. The molecule has 1 saturated heterocycles. The van der Waals surface area contributed by atoms with Gasteiger partial charge in [-0.3, -0.25) is 0 Å². The lowest BCUT2D eigenvalue weighted by Gasteiger charge is -2.13. The van der Waals surface area contributed by atoms with Crippen LogP contribution in [0.2, 0.25) is 0 Å². The van der Waals surface area contributed by atoms with Crippen molar-refractivity contribution in [3.63, 3.8) is 0 Å². The maximum Gasteiger partial charge on any atom is 0.227 e. The van der Waals surface area contributed by atoms with Gasteiger partial charge < -0.3 is 9.84 Å². The number of rotatable bonds is 2. The Morgan fingerprint density at radius 3 is 2.87 bits per heavy atom. The van der Waals surface area contributed by atoms with Crippen LogP contribution in [0.25, 0.3) is 0 Å². The molecule has 0 amide bonds. The van der Waals surface area contributed by atoms with E-state index in [0.717, 1.165) is 37.6 Å². The lowest BCUT2D eigenvalue weighted by molar-refractivity contribution is 0.311. The molecule has 0 saturated carbocycles. The minimum Gasteiger partial charge on any atom is -0.339 e. The van der Waals surface area contributed by atoms with E-state index in [-0.39, 0.29) is 5.41 Å². The summed E-state index contributed by atoms with van der Waals surface area (Å²) in [4.78, 5) is 4.46. The van der Waals surface area contributed by atoms with Gasteiger partial charge in [0.05, 0.1) is 0 Å². The van der Waals surface area contributed by atoms with E-state index in [9.17, 15) is 0 Å². The van der Waals surface area contributed by atoms with Gasteiger partial charge in [0, 0.05) is 18.9 Å². The SMILES string of the molecule is CC(C)(C)Cc1nc(C2CCNC2)no1. The topological polar surface area (TPSA) is 51.0 Å². The van der Waals surface area contributed by atoms with Gasteiger partial charge in [0.25, 0.3) is 0 Å². The second-order valence-electron chi connectivity index (χ2n) is 5.47. The van der Waals surface area contributed by atoms with Crippen molar-refractivity contribution in [2.75, 3.05) is 13.1 Å². The highest BCUT2D eigenvalue weighted by atomic mass is 16.5. The van der Waals surface area contributed by atoms with Gasteiger partial charge in [-0.05, 0) is 18.4 Å². The lowest BCUT2D eigenvalue weighted by Crippen LogP contribution is -2.10. The summed E-state index contributed by atoms with van der Waals surface area (Å²) in [6.07, 6.45) is 1.97. The van der Waals surface area contributed by atoms with Crippen LogP contribution < -0.4 is 5.32 Å². The zero-order valence-electron chi connectivity index (χ0n) is 9.71. The molecular formula is C11H19N3O. The fourth-order valence-electron chi connectivity index (χ4n) is 1.83. The number of hydrogen-bond acceptors (Lipinski definition) is 4. The van der Waals surface area contributed by atoms with Crippen LogP contribution in [0, 0.1) is 5.41 Å². The van der Waals surface area contributed by atoms with Crippen LogP contribution in [-0.4, -0.2) is 23.2 Å². The minimum absolute atomic E-state index is 0.206. The van der Waals surface area contributed by atoms with Gasteiger partial charge in [0.2, 0.25) is 5.89 Å². The maximum atomic E-state index is 5.26. The van der Waals surface area contributed by atoms with Crippen molar-refractivity contribution >= 4 is 0 Å². The summed E-state index contributed by atoms with van der Waals surface area (Å²) in [5.41, 5.74) is 0.206. The van der Waals surface area contributed by atoms with Crippen molar-refractivity contribution in [1.29, 1.82) is 0 Å². The largest absolute Gasteiger partial charge is 0.339 e. The normalized spacial score (nSPS) is 22.2. The van der Waals surface area contributed by atoms with E-state index < -0.39 is 0 Å². The van der Waals surface area contributed by atoms with Crippen LogP contribution in [0.15, 0.2) is 4.52 Å². The molecule has 0 bridgehead atoms. The molecule has 0 aliphatic carbocycles. The zero-order chi connectivity index (χ0) is 10.9. The van der Waals surface area contributed by atoms with Gasteiger partial charge >= 0.3 is 0 Å². The number of hydrogen-bond donors (Lipinski definition) is 1. The second-order valence-corrected chi connectivity index (χ2v) is 5.47. The highest BCUT2D eigenvalue weighted by molar-refractivity contribution is 5.00. The Bertz CT molecular complexity index is 321. The van der Waals surface area contributed by atoms with Crippen molar-refractivity contribution in [3.8, 4) is 0 Å². The van der Waals surface area contributed by atoms with Crippen LogP contribution >= 0.6 is 0 Å². The quantitative estimate of drug-likeness (QED) is 0.806. The predicted molar refractivity (Wildman–Crippen MR) is 57.7 cm³/mol. The van der Waals surface area contributed by atoms with Gasteiger partial charge in [-0.15, -0.1) is 0 Å². The molecule has 2 rings (SSSR count). The second kappa shape index (κ2) is 3.93. The highest BCUT2D eigenvalue weighted by Gasteiger charge is 2.23. The van der Waals surface area contributed by atoms with Crippen LogP contribution in [-0.2, 0) is 6.42 Å². The summed E-state index contributed by atoms with van der Waals surface area (Å²) in [5, 5.41) is 7.36. The van der Waals surface area contributed by atoms with E-state index >= 15 is 0 Å². The molecule has 1 aromatic heterocycles. The molecule has 1 atom stereocenters. The van der Waals surface area contributed by atoms with E-state index in [1.807, 2.05) is 0 Å². The summed E-state index contributed by atoms with van der Waals surface area (Å²) >= 11 is 0. The summed E-state index contributed by atoms with van der Waals surface area (Å²) in [5.74, 6) is 2.09. The number of aromatic nitrogens is 2. The molecule has 15 heavy (non-hydrogen) atoms. The minimum atomic E-state index is 0.206. The van der Waals surface area contributed by atoms with Crippen molar-refractivity contribution in [2.45, 2.75) is 39.5 Å². The van der Waals surface area contributed by atoms with Gasteiger partial charge in [0.15, 0.2) is 5.82 Å². The molecule has 1 aliphatic heterocycles. The first kappa shape index (κ1) is 10.6. The lowest BCUT2D eigenvalue weighted by atomic mass is 9.92. The number of nitrogens with one attached hydrogen (secondary N) is 1. The molecule has 1 aromatic rings.